The van der Waals surface area contributed by atoms with Crippen LogP contribution in [-0.2, 0) is 4.74 Å². The van der Waals surface area contributed by atoms with Gasteiger partial charge in [-0.3, -0.25) is 0 Å². The Labute approximate surface area is 121 Å². The predicted octanol–water partition coefficient (Wildman–Crippen LogP) is 4.07. The van der Waals surface area contributed by atoms with Crippen LogP contribution in [0, 0.1) is 11.7 Å². The number of halogens is 1. The normalized spacial score (nSPS) is 28.3. The molecule has 1 unspecified atom stereocenters. The molecule has 0 aliphatic heterocycles. The van der Waals surface area contributed by atoms with Gasteiger partial charge in [-0.2, -0.15) is 0 Å². The van der Waals surface area contributed by atoms with E-state index < -0.39 is 0 Å². The third-order valence-electron chi connectivity index (χ3n) is 4.64. The second-order valence-corrected chi connectivity index (χ2v) is 6.00. The minimum absolute atomic E-state index is 0.0562. The van der Waals surface area contributed by atoms with Crippen molar-refractivity contribution in [3.63, 3.8) is 0 Å². The van der Waals surface area contributed by atoms with E-state index >= 15 is 0 Å². The smallest absolute Gasteiger partial charge is 0.123 e. The third kappa shape index (κ3) is 3.21. The lowest BCUT2D eigenvalue weighted by Gasteiger charge is -2.44. The Balaban J connectivity index is 2.30. The van der Waals surface area contributed by atoms with Crippen LogP contribution >= 0.6 is 0 Å². The van der Waals surface area contributed by atoms with Gasteiger partial charge in [-0.25, -0.2) is 4.39 Å². The molecule has 0 radical (unpaired) electrons. The van der Waals surface area contributed by atoms with Crippen molar-refractivity contribution >= 4 is 0 Å². The van der Waals surface area contributed by atoms with Gasteiger partial charge in [0, 0.05) is 7.11 Å². The lowest BCUT2D eigenvalue weighted by molar-refractivity contribution is -0.0758. The molecule has 0 amide bonds. The summed E-state index contributed by atoms with van der Waals surface area (Å²) in [6, 6.07) is 6.96. The Morgan fingerprint density at radius 2 is 2.10 bits per heavy atom. The van der Waals surface area contributed by atoms with E-state index in [1.807, 2.05) is 6.07 Å². The van der Waals surface area contributed by atoms with Crippen molar-refractivity contribution in [2.75, 3.05) is 13.7 Å². The Kier molecular flexibility index (Phi) is 5.17. The highest BCUT2D eigenvalue weighted by Crippen LogP contribution is 2.42. The van der Waals surface area contributed by atoms with Gasteiger partial charge in [0.05, 0.1) is 11.6 Å². The molecule has 0 aromatic heterocycles. The molecule has 0 spiro atoms. The van der Waals surface area contributed by atoms with Gasteiger partial charge >= 0.3 is 0 Å². The summed E-state index contributed by atoms with van der Waals surface area (Å²) in [5.41, 5.74) is 0.777. The Morgan fingerprint density at radius 3 is 2.65 bits per heavy atom. The van der Waals surface area contributed by atoms with Crippen LogP contribution in [0.15, 0.2) is 24.3 Å². The zero-order valence-electron chi connectivity index (χ0n) is 12.8. The average molecular weight is 279 g/mol. The Hall–Kier alpha value is -0.930. The maximum atomic E-state index is 13.6. The second kappa shape index (κ2) is 6.68. The summed E-state index contributed by atoms with van der Waals surface area (Å²) in [5, 5.41) is 3.51. The molecule has 3 heteroatoms. The highest BCUT2D eigenvalue weighted by atomic mass is 19.1. The van der Waals surface area contributed by atoms with Gasteiger partial charge in [-0.1, -0.05) is 26.0 Å². The molecule has 0 saturated heterocycles. The highest BCUT2D eigenvalue weighted by molar-refractivity contribution is 5.24. The number of methoxy groups -OCH3 is 1. The first-order valence-corrected chi connectivity index (χ1v) is 7.65. The van der Waals surface area contributed by atoms with Crippen molar-refractivity contribution in [3.8, 4) is 0 Å². The van der Waals surface area contributed by atoms with Gasteiger partial charge in [-0.15, -0.1) is 0 Å². The molecule has 1 aromatic carbocycles. The summed E-state index contributed by atoms with van der Waals surface area (Å²) >= 11 is 0. The Bertz CT molecular complexity index is 427. The van der Waals surface area contributed by atoms with Crippen molar-refractivity contribution in [2.24, 2.45) is 5.92 Å². The summed E-state index contributed by atoms with van der Waals surface area (Å²) in [5.74, 6) is 0.578. The average Bonchev–Trinajstić information content (AvgIpc) is 2.46. The maximum Gasteiger partial charge on any atom is 0.123 e. The topological polar surface area (TPSA) is 21.3 Å². The van der Waals surface area contributed by atoms with Crippen molar-refractivity contribution < 1.29 is 9.13 Å². The number of ether oxygens (including phenoxy) is 1. The van der Waals surface area contributed by atoms with Crippen LogP contribution in [0.2, 0.25) is 0 Å². The molecule has 2 rings (SSSR count). The van der Waals surface area contributed by atoms with Crippen LogP contribution in [0.25, 0.3) is 0 Å². The highest BCUT2D eigenvalue weighted by Gasteiger charge is 2.42. The zero-order valence-corrected chi connectivity index (χ0v) is 12.8. The number of likely N-dealkylation sites (N-methyl/N-ethyl adjacent to an activating group) is 1. The number of hydrogen-bond acceptors (Lipinski definition) is 2. The fourth-order valence-electron chi connectivity index (χ4n) is 3.36. The van der Waals surface area contributed by atoms with E-state index in [1.165, 1.54) is 18.9 Å². The van der Waals surface area contributed by atoms with Crippen LogP contribution in [0.5, 0.6) is 0 Å². The van der Waals surface area contributed by atoms with E-state index in [2.05, 4.69) is 19.2 Å². The van der Waals surface area contributed by atoms with Crippen LogP contribution < -0.4 is 5.32 Å². The van der Waals surface area contributed by atoms with Crippen LogP contribution in [0.4, 0.5) is 4.39 Å². The number of benzene rings is 1. The fourth-order valence-corrected chi connectivity index (χ4v) is 3.36. The van der Waals surface area contributed by atoms with Crippen molar-refractivity contribution in [1.29, 1.82) is 0 Å². The molecule has 0 heterocycles. The predicted molar refractivity (Wildman–Crippen MR) is 80.2 cm³/mol. The van der Waals surface area contributed by atoms with Gasteiger partial charge in [0.1, 0.15) is 5.82 Å². The minimum Gasteiger partial charge on any atom is -0.376 e. The molecule has 1 aliphatic rings. The second-order valence-electron chi connectivity index (χ2n) is 6.00. The first kappa shape index (κ1) is 15.5. The van der Waals surface area contributed by atoms with Gasteiger partial charge in [0.15, 0.2) is 0 Å². The largest absolute Gasteiger partial charge is 0.376 e. The summed E-state index contributed by atoms with van der Waals surface area (Å²) in [6.07, 6.45) is 4.40. The van der Waals surface area contributed by atoms with Crippen molar-refractivity contribution in [3.05, 3.63) is 35.6 Å². The minimum atomic E-state index is -0.212. The Morgan fingerprint density at radius 1 is 1.40 bits per heavy atom. The van der Waals surface area contributed by atoms with Gasteiger partial charge in [0.2, 0.25) is 0 Å². The van der Waals surface area contributed by atoms with Crippen LogP contribution in [-0.4, -0.2) is 19.3 Å². The third-order valence-corrected chi connectivity index (χ3v) is 4.64. The molecule has 112 valence electrons. The molecule has 1 saturated carbocycles. The molecule has 1 fully saturated rings. The first-order chi connectivity index (χ1) is 9.61. The van der Waals surface area contributed by atoms with E-state index in [1.54, 1.807) is 19.2 Å². The standard InChI is InChI=1S/C17H26FNO/c1-4-19-16(14-6-5-7-15(18)12-14)17(20-3)10-8-13(2)9-11-17/h5-7,12-13,16,19H,4,8-11H2,1-3H3. The molecule has 0 bridgehead atoms. The summed E-state index contributed by atoms with van der Waals surface area (Å²) < 4.78 is 19.5. The number of rotatable bonds is 5. The summed E-state index contributed by atoms with van der Waals surface area (Å²) in [6.45, 7) is 5.23. The summed E-state index contributed by atoms with van der Waals surface area (Å²) in [7, 11) is 1.79. The van der Waals surface area contributed by atoms with E-state index in [0.29, 0.717) is 0 Å². The molecule has 1 aromatic rings. The quantitative estimate of drug-likeness (QED) is 0.877. The molecule has 1 N–H and O–H groups in total. The van der Waals surface area contributed by atoms with E-state index in [4.69, 9.17) is 4.74 Å². The molecule has 20 heavy (non-hydrogen) atoms. The van der Waals surface area contributed by atoms with Gasteiger partial charge < -0.3 is 10.1 Å². The monoisotopic (exact) mass is 279 g/mol. The lowest BCUT2D eigenvalue weighted by atomic mass is 9.73. The van der Waals surface area contributed by atoms with Crippen molar-refractivity contribution in [1.82, 2.24) is 5.32 Å². The van der Waals surface area contributed by atoms with Gasteiger partial charge in [0.25, 0.3) is 0 Å². The summed E-state index contributed by atoms with van der Waals surface area (Å²) in [4.78, 5) is 0. The molecular formula is C17H26FNO. The molecule has 2 nitrogen and oxygen atoms in total. The van der Waals surface area contributed by atoms with Gasteiger partial charge in [-0.05, 0) is 55.8 Å². The fraction of sp³-hybridized carbons (Fsp3) is 0.647. The molecule has 1 atom stereocenters. The SMILES string of the molecule is CCNC(c1cccc(F)c1)C1(OC)CCC(C)CC1. The number of nitrogens with one attached hydrogen (secondary N) is 1. The zero-order chi connectivity index (χ0) is 14.6. The van der Waals surface area contributed by atoms with E-state index in [9.17, 15) is 4.39 Å². The van der Waals surface area contributed by atoms with Crippen LogP contribution in [0.1, 0.15) is 51.1 Å². The lowest BCUT2D eigenvalue weighted by Crippen LogP contribution is -2.47. The van der Waals surface area contributed by atoms with E-state index in [-0.39, 0.29) is 17.5 Å². The van der Waals surface area contributed by atoms with Crippen molar-refractivity contribution in [2.45, 2.75) is 51.2 Å². The first-order valence-electron chi connectivity index (χ1n) is 7.65. The maximum absolute atomic E-state index is 13.6. The molecule has 1 aliphatic carbocycles. The molecular weight excluding hydrogens is 253 g/mol. The van der Waals surface area contributed by atoms with Crippen LogP contribution in [0.3, 0.4) is 0 Å². The number of hydrogen-bond donors (Lipinski definition) is 1. The van der Waals surface area contributed by atoms with E-state index in [0.717, 1.165) is 30.9 Å².